The summed E-state index contributed by atoms with van der Waals surface area (Å²) in [5.74, 6) is -6.81. The normalized spacial score (nSPS) is 22.0. The van der Waals surface area contributed by atoms with E-state index in [9.17, 15) is 77.8 Å². The molecule has 2 unspecified atom stereocenters. The molecule has 8 aromatic rings. The number of benzene rings is 8. The Hall–Kier alpha value is -10.3. The van der Waals surface area contributed by atoms with Crippen LogP contribution in [0.25, 0.3) is 43.1 Å². The van der Waals surface area contributed by atoms with Crippen molar-refractivity contribution in [2.45, 2.75) is 303 Å². The van der Waals surface area contributed by atoms with Crippen LogP contribution in [0.1, 0.15) is 196 Å². The number of carbonyl (C=O) groups excluding carboxylic acids is 11. The Morgan fingerprint density at radius 2 is 0.685 bits per heavy atom. The summed E-state index contributed by atoms with van der Waals surface area (Å²) in [6.07, 6.45) is 3.80. The number of Topliss-reactive ketones (excluding diaryl/α,β-unsaturated/α-hetero) is 1. The van der Waals surface area contributed by atoms with E-state index < -0.39 is 136 Å². The summed E-state index contributed by atoms with van der Waals surface area (Å²) in [6.45, 7) is 44.7. The van der Waals surface area contributed by atoms with Crippen LogP contribution in [-0.4, -0.2) is 265 Å². The van der Waals surface area contributed by atoms with Crippen LogP contribution in [-0.2, 0) is 90.7 Å². The molecule has 0 bridgehead atoms. The van der Waals surface area contributed by atoms with Crippen LogP contribution in [0.4, 0.5) is 0 Å². The van der Waals surface area contributed by atoms with E-state index in [2.05, 4.69) is 108 Å². The van der Waals surface area contributed by atoms with Crippen LogP contribution in [0.3, 0.4) is 0 Å². The zero-order valence-corrected chi connectivity index (χ0v) is 94.2. The Balaban J connectivity index is 0.000000198. The number of aliphatic hydroxyl groups is 1. The van der Waals surface area contributed by atoms with Crippen LogP contribution in [0.5, 0.6) is 0 Å². The predicted octanol–water partition coefficient (Wildman–Crippen LogP) is 19.2. The van der Waals surface area contributed by atoms with Crippen molar-refractivity contribution in [3.63, 3.8) is 0 Å². The van der Waals surface area contributed by atoms with Crippen LogP contribution < -0.4 is 0 Å². The Morgan fingerprint density at radius 3 is 0.987 bits per heavy atom. The number of carbonyl (C=O) groups is 12. The Morgan fingerprint density at radius 1 is 0.403 bits per heavy atom. The molecule has 3 amide bonds. The first kappa shape index (κ1) is 121. The van der Waals surface area contributed by atoms with Crippen molar-refractivity contribution in [2.75, 3.05) is 60.7 Å². The highest BCUT2D eigenvalue weighted by Crippen LogP contribution is 2.58. The van der Waals surface area contributed by atoms with Gasteiger partial charge in [-0.3, -0.25) is 47.9 Å². The van der Waals surface area contributed by atoms with E-state index >= 15 is 0 Å². The summed E-state index contributed by atoms with van der Waals surface area (Å²) >= 11 is 6.74. The summed E-state index contributed by atoms with van der Waals surface area (Å²) in [6, 6.07) is 54.3. The second kappa shape index (κ2) is 51.9. The van der Waals surface area contributed by atoms with Crippen molar-refractivity contribution in [1.29, 1.82) is 0 Å². The lowest BCUT2D eigenvalue weighted by Gasteiger charge is -2.35. The average molecular weight is 2120 g/mol. The number of carboxylic acids is 1. The van der Waals surface area contributed by atoms with Crippen LogP contribution in [0.2, 0.25) is 13.6 Å². The molecule has 5 heterocycles. The fourth-order valence-corrected chi connectivity index (χ4v) is 25.3. The number of methoxy groups -OCH3 is 3. The molecule has 4 N–H and O–H groups in total. The zero-order chi connectivity index (χ0) is 110. The van der Waals surface area contributed by atoms with Gasteiger partial charge >= 0.3 is 61.9 Å². The maximum Gasteiger partial charge on any atom is 0.377 e. The first-order chi connectivity index (χ1) is 69.8. The van der Waals surface area contributed by atoms with Gasteiger partial charge in [-0.2, -0.15) is 0 Å². The van der Waals surface area contributed by atoms with Crippen molar-refractivity contribution in [1.82, 2.24) is 24.3 Å². The molecular weight excluding hydrogens is 1970 g/mol. The number of β-amino-alcohol motifs (C(OH)–C–C–N with tert-alkyl or cyclic N) is 1. The van der Waals surface area contributed by atoms with E-state index in [4.69, 9.17) is 28.4 Å². The van der Waals surface area contributed by atoms with Crippen LogP contribution in [0.15, 0.2) is 202 Å². The van der Waals surface area contributed by atoms with Gasteiger partial charge in [0, 0.05) is 79.7 Å². The molecule has 14 rings (SSSR count). The lowest BCUT2D eigenvalue weighted by atomic mass is 9.77. The third-order valence-electron chi connectivity index (χ3n) is 27.5. The van der Waals surface area contributed by atoms with E-state index in [1.54, 1.807) is 125 Å². The van der Waals surface area contributed by atoms with Gasteiger partial charge in [0.05, 0.1) is 82.5 Å². The summed E-state index contributed by atoms with van der Waals surface area (Å²) in [5, 5.41) is 47.8. The zero-order valence-electron chi connectivity index (χ0n) is 90.9. The Labute approximate surface area is 896 Å². The number of likely N-dealkylation sites (tertiary alicyclic amines) is 3. The molecule has 806 valence electrons. The fourth-order valence-electron chi connectivity index (χ4n) is 19.9. The minimum atomic E-state index is -1.01. The van der Waals surface area contributed by atoms with Crippen molar-refractivity contribution < 1.29 is 111 Å². The van der Waals surface area contributed by atoms with E-state index in [1.165, 1.54) is 46.7 Å². The van der Waals surface area contributed by atoms with E-state index in [-0.39, 0.29) is 101 Å². The first-order valence-corrected chi connectivity index (χ1v) is 54.8. The molecule has 1 aliphatic carbocycles. The molecule has 0 aromatic heterocycles. The van der Waals surface area contributed by atoms with E-state index in [0.717, 1.165) is 47.0 Å². The highest BCUT2D eigenvalue weighted by molar-refractivity contribution is 8.01. The number of aliphatic hydroxyl groups excluding tert-OH is 1. The van der Waals surface area contributed by atoms with Gasteiger partial charge in [0.15, 0.2) is 5.78 Å². The van der Waals surface area contributed by atoms with Gasteiger partial charge in [0.1, 0.15) is 41.0 Å². The minimum Gasteiger partial charge on any atom is -0.480 e. The van der Waals surface area contributed by atoms with E-state index in [1.807, 2.05) is 161 Å². The number of hydrogen-bond acceptors (Lipinski definition) is 28. The number of aliphatic carboxylic acids is 1. The molecule has 1 saturated carbocycles. The SMILES string of the molecule is C=CC1CC1(CC(=O)[C@@H]1C[C@@H](Sc2cccc3ccccc23)CN1C(=O)[C@@H](CC(=O)OC(C)(C)C)C(C)(C)C)C(=O)OCC.CC(C)(C)OC(=O)C[C@H](C(=O)N1C[C@H](Sc2cccc3ccccc23)C[C@H]1C(=O)O)C(C)(C)C.COC(=O)[C@@H]1C[C@@H](Sc2cccc3ccccc23)CN1B(C)O.COC(=O)[C@@H]1C[C@@H](Sc2cccc3ccccc23)CN1C(=O)[C@@H](CC(=O)OC(C)(C)C)C(C)(C)C.COC(=O)[C@@H]1C[C@H](O)CN1B(C)O. The summed E-state index contributed by atoms with van der Waals surface area (Å²) < 4.78 is 36.4. The van der Waals surface area contributed by atoms with Crippen molar-refractivity contribution in [3.8, 4) is 0 Å². The fraction of sp³-hybridized carbons (Fsp3) is 0.530. The quantitative estimate of drug-likeness (QED) is 0.0146. The van der Waals surface area contributed by atoms with E-state index in [0.29, 0.717) is 71.2 Å². The number of thioether (sulfide) groups is 4. The van der Waals surface area contributed by atoms with Crippen molar-refractivity contribution in [2.24, 2.45) is 45.3 Å². The summed E-state index contributed by atoms with van der Waals surface area (Å²) in [5.41, 5.74) is -4.47. The lowest BCUT2D eigenvalue weighted by molar-refractivity contribution is -0.162. The second-order valence-electron chi connectivity index (χ2n) is 45.5. The van der Waals surface area contributed by atoms with Gasteiger partial charge in [0.2, 0.25) is 17.7 Å². The average Bonchev–Trinajstić information content (AvgIpc) is 1.57. The molecule has 15 atom stereocenters. The van der Waals surface area contributed by atoms with Gasteiger partial charge in [-0.05, 0) is 211 Å². The summed E-state index contributed by atoms with van der Waals surface area (Å²) in [4.78, 5) is 168. The monoisotopic (exact) mass is 2120 g/mol. The number of carboxylic acid groups (broad SMARTS) is 1. The van der Waals surface area contributed by atoms with Gasteiger partial charge in [-0.25, -0.2) is 9.59 Å². The largest absolute Gasteiger partial charge is 0.480 e. The number of rotatable bonds is 29. The smallest absolute Gasteiger partial charge is 0.377 e. The third-order valence-corrected chi connectivity index (χ3v) is 32.6. The first-order valence-electron chi connectivity index (χ1n) is 51.3. The Kier molecular flexibility index (Phi) is 42.0. The second-order valence-corrected chi connectivity index (χ2v) is 50.9. The minimum absolute atomic E-state index is 0.00509. The molecule has 0 radical (unpaired) electrons. The number of hydrogen-bond donors (Lipinski definition) is 4. The highest BCUT2D eigenvalue weighted by atomic mass is 32.2. The molecule has 34 heteroatoms. The number of ketones is 1. The van der Waals surface area contributed by atoms with Gasteiger partial charge in [-0.15, -0.1) is 53.6 Å². The highest BCUT2D eigenvalue weighted by Gasteiger charge is 2.62. The number of allylic oxidation sites excluding steroid dienone is 1. The molecule has 0 spiro atoms. The molecule has 5 saturated heterocycles. The third kappa shape index (κ3) is 32.9. The number of ether oxygens (including phenoxy) is 7. The molecule has 149 heavy (non-hydrogen) atoms. The molecule has 8 aromatic carbocycles. The van der Waals surface area contributed by atoms with Crippen molar-refractivity contribution in [3.05, 3.63) is 183 Å². The van der Waals surface area contributed by atoms with Gasteiger partial charge in [-0.1, -0.05) is 214 Å². The molecular formula is C115H153B2N5O23S4. The van der Waals surface area contributed by atoms with Crippen LogP contribution >= 0.6 is 47.0 Å². The number of nitrogens with zero attached hydrogens (tertiary/aromatic N) is 5. The molecule has 5 aliphatic heterocycles. The topological polar surface area (TPSA) is 367 Å². The summed E-state index contributed by atoms with van der Waals surface area (Å²) in [7, 11) is 2.65. The van der Waals surface area contributed by atoms with Gasteiger partial charge < -0.3 is 77.7 Å². The van der Waals surface area contributed by atoms with Crippen LogP contribution in [0, 0.1) is 45.3 Å². The Bertz CT molecular complexity index is 6040. The number of amides is 3. The maximum atomic E-state index is 14.4. The molecule has 28 nitrogen and oxygen atoms in total. The van der Waals surface area contributed by atoms with Crippen molar-refractivity contribution >= 4 is 175 Å². The molecule has 6 fully saturated rings. The maximum absolute atomic E-state index is 14.4. The molecule has 6 aliphatic rings. The lowest BCUT2D eigenvalue weighted by Crippen LogP contribution is -2.48. The number of fused-ring (bicyclic) bond motifs is 4. The standard InChI is InChI=1S/C36H47NO6S.C28H37NO5S.C27H35NO5S.C17H20BNO3S.C7H14BNO4/c1-9-24-20-36(24,33(41)42-10-2)21-29(38)28-18-25(44-30-17-13-15-23-14-11-12-16-26(23)30)22-37(28)32(40)27(34(3,4)5)19-31(39)43-35(6,7)8;1-27(2,3)21(16-24(30)34-28(4,5)6)25(31)29-17-19(15-22(29)26(32)33-7)35-23-14-10-12-18-11-8-9-13-20(18)23;1-26(2,3)20(15-23(29)33-27(4,5)6)24(30)28-16-18(14-21(28)25(31)32)34-22-13-9-11-17-10-7-8-12-19(17)22;1-18(21)19-11-13(10-15(19)17(20)22-2)23-16-9-5-7-12-6-3-4-8-14(12)16;1-8(12)9-4-5(10)3-6(9)7(11)13-2/h9,11-17,24-25,27-28H,1,10,18-22H2,2-8H3;8-14,19,21-22H,15-17H2,1-7H3;7-13,18,20-21H,14-16H2,1-6H3,(H,31,32);3-9,13,15,21H,10-11H2,1-2H3;5-6,10,12H,3-4H2,1-2H3/t24?,25-,27-,28+,36?;19-,21-,22+;18-,20-,21+;13-,15+;5-,6-/m11110/s1. The number of esters is 7. The predicted molar refractivity (Wildman–Crippen MR) is 590 cm³/mol. The van der Waals surface area contributed by atoms with Gasteiger partial charge in [0.25, 0.3) is 0 Å².